The van der Waals surface area contributed by atoms with Crippen molar-refractivity contribution in [2.75, 3.05) is 4.72 Å². The number of phenolic OH excluding ortho intramolecular Hbond substituents is 1. The molecule has 1 heterocycles. The van der Waals surface area contributed by atoms with Gasteiger partial charge >= 0.3 is 0 Å². The highest BCUT2D eigenvalue weighted by Gasteiger charge is 2.18. The van der Waals surface area contributed by atoms with Crippen LogP contribution in [0.25, 0.3) is 0 Å². The summed E-state index contributed by atoms with van der Waals surface area (Å²) < 4.78 is 26.9. The Hall–Kier alpha value is -1.24. The van der Waals surface area contributed by atoms with E-state index in [9.17, 15) is 13.5 Å². The van der Waals surface area contributed by atoms with Crippen LogP contribution in [0.3, 0.4) is 0 Å². The SMILES string of the molecule is CCc1ccc(S(=O)(=O)Nc2ccc(O)cc2Cl)s1. The van der Waals surface area contributed by atoms with Crippen LogP contribution < -0.4 is 4.72 Å². The van der Waals surface area contributed by atoms with E-state index < -0.39 is 10.0 Å². The Morgan fingerprint density at radius 1 is 1.32 bits per heavy atom. The second-order valence-electron chi connectivity index (χ2n) is 3.84. The van der Waals surface area contributed by atoms with E-state index in [0.29, 0.717) is 0 Å². The lowest BCUT2D eigenvalue weighted by atomic mass is 10.3. The lowest BCUT2D eigenvalue weighted by Gasteiger charge is -2.08. The average molecular weight is 318 g/mol. The van der Waals surface area contributed by atoms with E-state index in [1.54, 1.807) is 12.1 Å². The normalized spacial score (nSPS) is 11.5. The molecule has 0 aliphatic carbocycles. The van der Waals surface area contributed by atoms with Crippen LogP contribution in [-0.2, 0) is 16.4 Å². The molecule has 0 saturated heterocycles. The fraction of sp³-hybridized carbons (Fsp3) is 0.167. The molecule has 0 spiro atoms. The Kier molecular flexibility index (Phi) is 4.03. The van der Waals surface area contributed by atoms with Gasteiger partial charge in [0.05, 0.1) is 10.7 Å². The number of sulfonamides is 1. The third-order valence-electron chi connectivity index (χ3n) is 2.45. The van der Waals surface area contributed by atoms with E-state index in [-0.39, 0.29) is 20.7 Å². The van der Waals surface area contributed by atoms with Gasteiger partial charge in [0.2, 0.25) is 0 Å². The van der Waals surface area contributed by atoms with Gasteiger partial charge in [-0.15, -0.1) is 11.3 Å². The number of anilines is 1. The molecule has 0 fully saturated rings. The first kappa shape index (κ1) is 14.2. The molecule has 19 heavy (non-hydrogen) atoms. The molecule has 1 aromatic heterocycles. The van der Waals surface area contributed by atoms with Crippen LogP contribution >= 0.6 is 22.9 Å². The first-order valence-electron chi connectivity index (χ1n) is 5.52. The number of thiophene rings is 1. The summed E-state index contributed by atoms with van der Waals surface area (Å²) in [4.78, 5) is 0.997. The zero-order valence-electron chi connectivity index (χ0n) is 10.1. The maximum atomic E-state index is 12.1. The number of halogens is 1. The van der Waals surface area contributed by atoms with Gasteiger partial charge in [0.1, 0.15) is 9.96 Å². The first-order chi connectivity index (χ1) is 8.92. The van der Waals surface area contributed by atoms with Crippen LogP contribution in [0.4, 0.5) is 5.69 Å². The summed E-state index contributed by atoms with van der Waals surface area (Å²) in [6.45, 7) is 1.96. The fourth-order valence-corrected chi connectivity index (χ4v) is 4.13. The monoisotopic (exact) mass is 317 g/mol. The molecule has 4 nitrogen and oxygen atoms in total. The maximum absolute atomic E-state index is 12.1. The van der Waals surface area contributed by atoms with Gasteiger partial charge in [0.15, 0.2) is 0 Å². The van der Waals surface area contributed by atoms with Crippen molar-refractivity contribution in [1.82, 2.24) is 0 Å². The molecule has 2 N–H and O–H groups in total. The standard InChI is InChI=1S/C12H12ClNO3S2/c1-2-9-4-6-12(18-9)19(16,17)14-11-5-3-8(15)7-10(11)13/h3-7,14-15H,2H2,1H3. The third-order valence-corrected chi connectivity index (χ3v) is 5.85. The summed E-state index contributed by atoms with van der Waals surface area (Å²) in [7, 11) is -3.64. The maximum Gasteiger partial charge on any atom is 0.271 e. The third kappa shape index (κ3) is 3.20. The van der Waals surface area contributed by atoms with Crippen LogP contribution in [0.2, 0.25) is 5.02 Å². The summed E-state index contributed by atoms with van der Waals surface area (Å²) in [6, 6.07) is 7.43. The quantitative estimate of drug-likeness (QED) is 0.848. The Bertz CT molecular complexity index is 695. The van der Waals surface area contributed by atoms with Crippen LogP contribution in [0.15, 0.2) is 34.5 Å². The van der Waals surface area contributed by atoms with Gasteiger partial charge in [-0.2, -0.15) is 0 Å². The summed E-state index contributed by atoms with van der Waals surface area (Å²) in [5.74, 6) is -0.0164. The van der Waals surface area contributed by atoms with E-state index in [1.165, 1.54) is 29.5 Å². The minimum Gasteiger partial charge on any atom is -0.508 e. The van der Waals surface area contributed by atoms with Crippen molar-refractivity contribution in [3.8, 4) is 5.75 Å². The van der Waals surface area contributed by atoms with Crippen LogP contribution in [0, 0.1) is 0 Å². The first-order valence-corrected chi connectivity index (χ1v) is 8.20. The van der Waals surface area contributed by atoms with Crippen molar-refractivity contribution in [3.63, 3.8) is 0 Å². The predicted octanol–water partition coefficient (Wildman–Crippen LogP) is 3.47. The van der Waals surface area contributed by atoms with Gasteiger partial charge in [-0.25, -0.2) is 8.42 Å². The number of phenols is 1. The molecule has 0 amide bonds. The van der Waals surface area contributed by atoms with Gasteiger partial charge in [-0.1, -0.05) is 18.5 Å². The zero-order chi connectivity index (χ0) is 14.0. The smallest absolute Gasteiger partial charge is 0.271 e. The molecule has 0 bridgehead atoms. The van der Waals surface area contributed by atoms with Crippen LogP contribution in [0.1, 0.15) is 11.8 Å². The molecular formula is C12H12ClNO3S2. The second kappa shape index (κ2) is 5.40. The number of benzene rings is 1. The topological polar surface area (TPSA) is 66.4 Å². The summed E-state index contributed by atoms with van der Waals surface area (Å²) >= 11 is 7.10. The van der Waals surface area contributed by atoms with Crippen molar-refractivity contribution >= 4 is 38.6 Å². The Morgan fingerprint density at radius 2 is 2.05 bits per heavy atom. The molecule has 0 aliphatic heterocycles. The molecule has 0 atom stereocenters. The number of aromatic hydroxyl groups is 1. The Morgan fingerprint density at radius 3 is 2.63 bits per heavy atom. The number of hydrogen-bond donors (Lipinski definition) is 2. The highest BCUT2D eigenvalue weighted by Crippen LogP contribution is 2.30. The van der Waals surface area contributed by atoms with Crippen LogP contribution in [-0.4, -0.2) is 13.5 Å². The number of aryl methyl sites for hydroxylation is 1. The summed E-state index contributed by atoms with van der Waals surface area (Å²) in [5, 5.41) is 9.38. The lowest BCUT2D eigenvalue weighted by molar-refractivity contribution is 0.475. The van der Waals surface area contributed by atoms with E-state index >= 15 is 0 Å². The van der Waals surface area contributed by atoms with Gasteiger partial charge in [0.25, 0.3) is 10.0 Å². The van der Waals surface area contributed by atoms with Gasteiger partial charge in [0, 0.05) is 10.9 Å². The van der Waals surface area contributed by atoms with E-state index in [4.69, 9.17) is 11.6 Å². The fourth-order valence-electron chi connectivity index (χ4n) is 1.47. The van der Waals surface area contributed by atoms with E-state index in [0.717, 1.165) is 11.3 Å². The predicted molar refractivity (Wildman–Crippen MR) is 77.6 cm³/mol. The molecule has 0 unspecified atom stereocenters. The molecule has 2 rings (SSSR count). The minimum absolute atomic E-state index is 0.0164. The number of hydrogen-bond acceptors (Lipinski definition) is 4. The molecule has 0 radical (unpaired) electrons. The number of rotatable bonds is 4. The molecular weight excluding hydrogens is 306 g/mol. The minimum atomic E-state index is -3.64. The summed E-state index contributed by atoms with van der Waals surface area (Å²) in [6.07, 6.45) is 0.792. The largest absolute Gasteiger partial charge is 0.508 e. The van der Waals surface area contributed by atoms with E-state index in [2.05, 4.69) is 4.72 Å². The molecule has 0 aliphatic rings. The molecule has 102 valence electrons. The highest BCUT2D eigenvalue weighted by atomic mass is 35.5. The summed E-state index contributed by atoms with van der Waals surface area (Å²) in [5.41, 5.74) is 0.242. The van der Waals surface area contributed by atoms with Crippen molar-refractivity contribution < 1.29 is 13.5 Å². The average Bonchev–Trinajstić information content (AvgIpc) is 2.82. The van der Waals surface area contributed by atoms with Crippen molar-refractivity contribution in [2.24, 2.45) is 0 Å². The number of nitrogens with one attached hydrogen (secondary N) is 1. The van der Waals surface area contributed by atoms with Gasteiger partial charge in [-0.3, -0.25) is 4.72 Å². The van der Waals surface area contributed by atoms with Crippen molar-refractivity contribution in [2.45, 2.75) is 17.6 Å². The lowest BCUT2D eigenvalue weighted by Crippen LogP contribution is -2.11. The van der Waals surface area contributed by atoms with E-state index in [1.807, 2.05) is 6.92 Å². The van der Waals surface area contributed by atoms with Crippen LogP contribution in [0.5, 0.6) is 5.75 Å². The zero-order valence-corrected chi connectivity index (χ0v) is 12.4. The second-order valence-corrected chi connectivity index (χ2v) is 7.33. The van der Waals surface area contributed by atoms with Crippen molar-refractivity contribution in [1.29, 1.82) is 0 Å². The van der Waals surface area contributed by atoms with Gasteiger partial charge in [-0.05, 0) is 30.7 Å². The molecule has 7 heteroatoms. The highest BCUT2D eigenvalue weighted by molar-refractivity contribution is 7.94. The molecule has 1 aromatic carbocycles. The van der Waals surface area contributed by atoms with Gasteiger partial charge < -0.3 is 5.11 Å². The molecule has 0 saturated carbocycles. The molecule has 2 aromatic rings. The Labute approximate surface area is 120 Å². The Balaban J connectivity index is 2.30. The van der Waals surface area contributed by atoms with Crippen molar-refractivity contribution in [3.05, 3.63) is 40.2 Å².